The maximum absolute atomic E-state index is 12.3. The van der Waals surface area contributed by atoms with E-state index in [-0.39, 0.29) is 17.5 Å². The van der Waals surface area contributed by atoms with Crippen LogP contribution in [-0.4, -0.2) is 31.4 Å². The van der Waals surface area contributed by atoms with E-state index in [1.807, 2.05) is 41.9 Å². The van der Waals surface area contributed by atoms with Gasteiger partial charge in [0.2, 0.25) is 5.82 Å². The Morgan fingerprint density at radius 1 is 1.12 bits per heavy atom. The van der Waals surface area contributed by atoms with E-state index in [4.69, 9.17) is 4.52 Å². The Bertz CT molecular complexity index is 1310. The Morgan fingerprint density at radius 3 is 2.56 bits per heavy atom. The van der Waals surface area contributed by atoms with E-state index in [1.165, 1.54) is 24.3 Å². The summed E-state index contributed by atoms with van der Waals surface area (Å²) in [7, 11) is 0. The monoisotopic (exact) mass is 470 g/mol. The summed E-state index contributed by atoms with van der Waals surface area (Å²) in [5.41, 5.74) is 3.07. The first kappa shape index (κ1) is 22.1. The number of aliphatic hydroxyl groups is 1. The van der Waals surface area contributed by atoms with Gasteiger partial charge in [0.1, 0.15) is 5.75 Å². The zero-order valence-corrected chi connectivity index (χ0v) is 18.2. The number of rotatable bonds is 6. The van der Waals surface area contributed by atoms with Gasteiger partial charge in [-0.2, -0.15) is 10.1 Å². The predicted molar refractivity (Wildman–Crippen MR) is 116 cm³/mol. The number of aromatic nitrogens is 4. The molecule has 1 aliphatic carbocycles. The highest BCUT2D eigenvalue weighted by atomic mass is 19.4. The van der Waals surface area contributed by atoms with E-state index in [0.717, 1.165) is 36.1 Å². The van der Waals surface area contributed by atoms with Gasteiger partial charge >= 0.3 is 6.36 Å². The molecule has 4 aromatic rings. The smallest absolute Gasteiger partial charge is 0.406 e. The minimum absolute atomic E-state index is 0.199. The maximum atomic E-state index is 12.3. The molecule has 0 unspecified atom stereocenters. The molecule has 0 spiro atoms. The first-order valence-electron chi connectivity index (χ1n) is 10.8. The summed E-state index contributed by atoms with van der Waals surface area (Å²) < 4.78 is 48.0. The van der Waals surface area contributed by atoms with Gasteiger partial charge in [-0.05, 0) is 67.6 Å². The maximum Gasteiger partial charge on any atom is 0.573 e. The molecule has 0 saturated heterocycles. The van der Waals surface area contributed by atoms with E-state index >= 15 is 0 Å². The van der Waals surface area contributed by atoms with Gasteiger partial charge < -0.3 is 14.4 Å². The Hall–Kier alpha value is -3.66. The molecule has 1 saturated carbocycles. The van der Waals surface area contributed by atoms with Gasteiger partial charge in [0.15, 0.2) is 5.69 Å². The molecule has 2 aromatic heterocycles. The summed E-state index contributed by atoms with van der Waals surface area (Å²) in [5, 5.41) is 19.1. The molecule has 0 amide bonds. The molecule has 34 heavy (non-hydrogen) atoms. The van der Waals surface area contributed by atoms with Crippen LogP contribution in [-0.2, 0) is 12.1 Å². The summed E-state index contributed by atoms with van der Waals surface area (Å²) in [6, 6.07) is 14.9. The lowest BCUT2D eigenvalue weighted by Crippen LogP contribution is -2.33. The average molecular weight is 470 g/mol. The molecule has 0 bridgehead atoms. The van der Waals surface area contributed by atoms with Crippen molar-refractivity contribution in [3.05, 3.63) is 71.4 Å². The van der Waals surface area contributed by atoms with Crippen LogP contribution in [0.3, 0.4) is 0 Å². The zero-order chi connectivity index (χ0) is 23.9. The fraction of sp³-hybridized carbons (Fsp3) is 0.292. The fourth-order valence-corrected chi connectivity index (χ4v) is 3.96. The van der Waals surface area contributed by atoms with Crippen molar-refractivity contribution in [1.82, 2.24) is 19.9 Å². The van der Waals surface area contributed by atoms with Crippen LogP contribution in [0.5, 0.6) is 5.75 Å². The largest absolute Gasteiger partial charge is 0.573 e. The first-order chi connectivity index (χ1) is 16.2. The van der Waals surface area contributed by atoms with E-state index in [2.05, 4.69) is 20.0 Å². The molecule has 7 nitrogen and oxygen atoms in total. The molecular weight excluding hydrogens is 449 g/mol. The second-order valence-corrected chi connectivity index (χ2v) is 8.41. The van der Waals surface area contributed by atoms with Crippen molar-refractivity contribution < 1.29 is 27.5 Å². The van der Waals surface area contributed by atoms with Gasteiger partial charge in [-0.1, -0.05) is 29.4 Å². The van der Waals surface area contributed by atoms with Crippen molar-refractivity contribution >= 4 is 0 Å². The number of ether oxygens (including phenoxy) is 1. The van der Waals surface area contributed by atoms with Crippen molar-refractivity contribution in [3.63, 3.8) is 0 Å². The van der Waals surface area contributed by atoms with Crippen molar-refractivity contribution in [2.45, 2.75) is 44.7 Å². The average Bonchev–Trinajstić information content (AvgIpc) is 3.39. The fourth-order valence-electron chi connectivity index (χ4n) is 3.96. The molecule has 1 N–H and O–H groups in total. The molecule has 176 valence electrons. The van der Waals surface area contributed by atoms with Crippen LogP contribution < -0.4 is 4.74 Å². The van der Waals surface area contributed by atoms with Crippen molar-refractivity contribution in [2.24, 2.45) is 0 Å². The van der Waals surface area contributed by atoms with Crippen LogP contribution in [0, 0.1) is 6.92 Å². The number of hydrogen-bond acceptors (Lipinski definition) is 6. The number of alkyl halides is 3. The van der Waals surface area contributed by atoms with E-state index in [9.17, 15) is 18.3 Å². The number of nitrogens with zero attached hydrogens (tertiary/aromatic N) is 4. The highest BCUT2D eigenvalue weighted by Gasteiger charge is 2.36. The van der Waals surface area contributed by atoms with Crippen molar-refractivity contribution in [2.75, 3.05) is 0 Å². The summed E-state index contributed by atoms with van der Waals surface area (Å²) in [6.07, 6.45) is -2.17. The van der Waals surface area contributed by atoms with Crippen molar-refractivity contribution in [3.8, 4) is 28.7 Å². The second kappa shape index (κ2) is 8.28. The number of benzene rings is 2. The van der Waals surface area contributed by atoms with Gasteiger partial charge in [-0.3, -0.25) is 4.68 Å². The summed E-state index contributed by atoms with van der Waals surface area (Å²) in [4.78, 5) is 4.33. The first-order valence-corrected chi connectivity index (χ1v) is 10.8. The van der Waals surface area contributed by atoms with Gasteiger partial charge in [0.25, 0.3) is 5.89 Å². The molecule has 2 aromatic carbocycles. The minimum Gasteiger partial charge on any atom is -0.406 e. The lowest BCUT2D eigenvalue weighted by molar-refractivity contribution is -0.274. The third-order valence-corrected chi connectivity index (χ3v) is 5.95. The SMILES string of the molecule is Cc1cc(-c2nc(-c3ccc(OC(F)(F)F)cc3)no2)nn1Cc1cccc(C2(O)CCC2)c1. The standard InChI is InChI=1S/C24H21F3N4O3/c1-15-12-20(29-31(15)14-16-4-2-5-18(13-16)23(32)10-3-11-23)22-28-21(30-34-22)17-6-8-19(9-7-17)33-24(25,26)27/h2,4-9,12-13,32H,3,10-11,14H2,1H3. The second-order valence-electron chi connectivity index (χ2n) is 8.41. The molecule has 0 aliphatic heterocycles. The molecule has 5 rings (SSSR count). The van der Waals surface area contributed by atoms with E-state index in [1.54, 1.807) is 0 Å². The summed E-state index contributed by atoms with van der Waals surface area (Å²) >= 11 is 0. The van der Waals surface area contributed by atoms with Crippen LogP contribution in [0.4, 0.5) is 13.2 Å². The predicted octanol–water partition coefficient (Wildman–Crippen LogP) is 5.23. The third-order valence-electron chi connectivity index (χ3n) is 5.95. The molecule has 10 heteroatoms. The molecule has 1 fully saturated rings. The topological polar surface area (TPSA) is 86.2 Å². The summed E-state index contributed by atoms with van der Waals surface area (Å²) in [6.45, 7) is 2.42. The molecule has 2 heterocycles. The highest BCUT2D eigenvalue weighted by Crippen LogP contribution is 2.41. The highest BCUT2D eigenvalue weighted by molar-refractivity contribution is 5.59. The zero-order valence-electron chi connectivity index (χ0n) is 18.2. The Morgan fingerprint density at radius 2 is 1.88 bits per heavy atom. The van der Waals surface area contributed by atoms with E-state index < -0.39 is 12.0 Å². The van der Waals surface area contributed by atoms with Crippen LogP contribution in [0.2, 0.25) is 0 Å². The lowest BCUT2D eigenvalue weighted by Gasteiger charge is -2.37. The molecule has 0 radical (unpaired) electrons. The normalized spacial score (nSPS) is 15.2. The van der Waals surface area contributed by atoms with Crippen LogP contribution in [0.15, 0.2) is 59.1 Å². The van der Waals surface area contributed by atoms with Gasteiger partial charge in [-0.15, -0.1) is 13.2 Å². The van der Waals surface area contributed by atoms with Crippen LogP contribution in [0.25, 0.3) is 23.0 Å². The number of hydrogen-bond donors (Lipinski definition) is 1. The van der Waals surface area contributed by atoms with Crippen LogP contribution >= 0.6 is 0 Å². The Balaban J connectivity index is 1.32. The van der Waals surface area contributed by atoms with E-state index in [0.29, 0.717) is 17.8 Å². The minimum atomic E-state index is -4.75. The number of halogens is 3. The molecule has 0 atom stereocenters. The van der Waals surface area contributed by atoms with Gasteiger partial charge in [0.05, 0.1) is 12.1 Å². The quantitative estimate of drug-likeness (QED) is 0.416. The molecular formula is C24H21F3N4O3. The lowest BCUT2D eigenvalue weighted by atomic mass is 9.75. The third kappa shape index (κ3) is 4.54. The van der Waals surface area contributed by atoms with Crippen LogP contribution in [0.1, 0.15) is 36.1 Å². The van der Waals surface area contributed by atoms with Crippen molar-refractivity contribution in [1.29, 1.82) is 0 Å². The Kier molecular flexibility index (Phi) is 5.40. The van der Waals surface area contributed by atoms with Gasteiger partial charge in [-0.25, -0.2) is 0 Å². The number of aryl methyl sites for hydroxylation is 1. The summed E-state index contributed by atoms with van der Waals surface area (Å²) in [5.74, 6) is 0.0926. The molecule has 1 aliphatic rings. The Labute approximate surface area is 192 Å². The van der Waals surface area contributed by atoms with Gasteiger partial charge in [0, 0.05) is 11.3 Å².